The number of carbonyl (C=O) groups excluding carboxylic acids is 1. The van der Waals surface area contributed by atoms with Crippen LogP contribution in [0.4, 0.5) is 18.9 Å². The molecule has 1 amide bonds. The third-order valence-electron chi connectivity index (χ3n) is 1.93. The number of halogens is 3. The van der Waals surface area contributed by atoms with E-state index < -0.39 is 34.9 Å². The normalized spacial score (nSPS) is 11.1. The third-order valence-corrected chi connectivity index (χ3v) is 2.67. The lowest BCUT2D eigenvalue weighted by Gasteiger charge is -2.08. The molecule has 0 aliphatic carbocycles. The van der Waals surface area contributed by atoms with Crippen LogP contribution in [0.15, 0.2) is 24.3 Å². The lowest BCUT2D eigenvalue weighted by atomic mass is 10.1. The van der Waals surface area contributed by atoms with Crippen LogP contribution in [0.2, 0.25) is 0 Å². The molecule has 0 radical (unpaired) electrons. The molecule has 2 N–H and O–H groups in total. The Morgan fingerprint density at radius 3 is 2.58 bits per heavy atom. The summed E-state index contributed by atoms with van der Waals surface area (Å²) in [5.41, 5.74) is -3.73. The smallest absolute Gasteiger partial charge is 0.442 e. The van der Waals surface area contributed by atoms with E-state index in [1.165, 1.54) is 18.2 Å². The third kappa shape index (κ3) is 6.70. The molecule has 1 aromatic rings. The highest BCUT2D eigenvalue weighted by molar-refractivity contribution is 8.00. The van der Waals surface area contributed by atoms with Gasteiger partial charge in [-0.1, -0.05) is 12.1 Å². The van der Waals surface area contributed by atoms with Gasteiger partial charge in [0.2, 0.25) is 5.91 Å². The van der Waals surface area contributed by atoms with E-state index >= 15 is 0 Å². The number of hydrogen-bond donors (Lipinski definition) is 2. The predicted molar refractivity (Wildman–Crippen MR) is 64.9 cm³/mol. The molecule has 0 heterocycles. The standard InChI is InChI=1S/C11H10F3NO3S/c12-11(13,14)19-6-9(16)15-8-3-1-2-7(4-8)5-10(17)18/h1-4H,5-6H2,(H,15,16)(H,17,18). The van der Waals surface area contributed by atoms with Crippen LogP contribution in [0.3, 0.4) is 0 Å². The van der Waals surface area contributed by atoms with E-state index in [9.17, 15) is 22.8 Å². The molecule has 4 nitrogen and oxygen atoms in total. The monoisotopic (exact) mass is 293 g/mol. The zero-order chi connectivity index (χ0) is 14.5. The highest BCUT2D eigenvalue weighted by atomic mass is 32.2. The van der Waals surface area contributed by atoms with Gasteiger partial charge in [-0.15, -0.1) is 0 Å². The summed E-state index contributed by atoms with van der Waals surface area (Å²) in [5, 5.41) is 10.9. The van der Waals surface area contributed by atoms with Crippen molar-refractivity contribution >= 4 is 29.3 Å². The number of thioether (sulfide) groups is 1. The first-order chi connectivity index (χ1) is 8.76. The van der Waals surface area contributed by atoms with Crippen molar-refractivity contribution in [3.05, 3.63) is 29.8 Å². The van der Waals surface area contributed by atoms with E-state index in [2.05, 4.69) is 5.32 Å². The van der Waals surface area contributed by atoms with E-state index in [4.69, 9.17) is 5.11 Å². The van der Waals surface area contributed by atoms with Crippen molar-refractivity contribution in [2.45, 2.75) is 11.9 Å². The quantitative estimate of drug-likeness (QED) is 0.875. The Balaban J connectivity index is 2.57. The van der Waals surface area contributed by atoms with Gasteiger partial charge in [-0.2, -0.15) is 13.2 Å². The molecular formula is C11H10F3NO3S. The molecule has 0 aromatic heterocycles. The second kappa shape index (κ2) is 6.46. The number of carboxylic acids is 1. The number of nitrogens with one attached hydrogen (secondary N) is 1. The van der Waals surface area contributed by atoms with Crippen LogP contribution >= 0.6 is 11.8 Å². The number of carboxylic acid groups (broad SMARTS) is 1. The van der Waals surface area contributed by atoms with Crippen molar-refractivity contribution in [1.29, 1.82) is 0 Å². The van der Waals surface area contributed by atoms with Gasteiger partial charge in [0, 0.05) is 5.69 Å². The lowest BCUT2D eigenvalue weighted by molar-refractivity contribution is -0.136. The largest absolute Gasteiger partial charge is 0.481 e. The Bertz CT molecular complexity index is 476. The van der Waals surface area contributed by atoms with Crippen molar-refractivity contribution in [2.75, 3.05) is 11.1 Å². The minimum absolute atomic E-state index is 0.221. The second-order valence-corrected chi connectivity index (χ2v) is 4.59. The van der Waals surface area contributed by atoms with Gasteiger partial charge < -0.3 is 10.4 Å². The second-order valence-electron chi connectivity index (χ2n) is 3.55. The topological polar surface area (TPSA) is 66.4 Å². The van der Waals surface area contributed by atoms with Crippen LogP contribution in [-0.4, -0.2) is 28.2 Å². The maximum absolute atomic E-state index is 11.9. The first-order valence-corrected chi connectivity index (χ1v) is 6.06. The lowest BCUT2D eigenvalue weighted by Crippen LogP contribution is -2.17. The molecule has 0 unspecified atom stereocenters. The molecule has 8 heteroatoms. The summed E-state index contributed by atoms with van der Waals surface area (Å²) >= 11 is -0.430. The molecule has 0 saturated carbocycles. The molecule has 1 rings (SSSR count). The number of amides is 1. The molecule has 0 aliphatic heterocycles. The SMILES string of the molecule is O=C(O)Cc1cccc(NC(=O)CSC(F)(F)F)c1. The van der Waals surface area contributed by atoms with E-state index in [0.717, 1.165) is 0 Å². The Labute approximate surface area is 111 Å². The van der Waals surface area contributed by atoms with Crippen LogP contribution in [0.1, 0.15) is 5.56 Å². The highest BCUT2D eigenvalue weighted by Crippen LogP contribution is 2.29. The van der Waals surface area contributed by atoms with Gasteiger partial charge in [0.15, 0.2) is 0 Å². The van der Waals surface area contributed by atoms with Gasteiger partial charge in [0.25, 0.3) is 0 Å². The number of anilines is 1. The van der Waals surface area contributed by atoms with Crippen molar-refractivity contribution < 1.29 is 27.9 Å². The van der Waals surface area contributed by atoms with E-state index in [1.54, 1.807) is 6.07 Å². The average Bonchev–Trinajstić information content (AvgIpc) is 2.25. The summed E-state index contributed by atoms with van der Waals surface area (Å²) in [4.78, 5) is 21.7. The summed E-state index contributed by atoms with van der Waals surface area (Å²) in [7, 11) is 0. The van der Waals surface area contributed by atoms with Crippen LogP contribution in [-0.2, 0) is 16.0 Å². The van der Waals surface area contributed by atoms with Crippen LogP contribution < -0.4 is 5.32 Å². The van der Waals surface area contributed by atoms with E-state index in [1.807, 2.05) is 0 Å². The summed E-state index contributed by atoms with van der Waals surface area (Å²) in [6, 6.07) is 5.95. The first kappa shape index (κ1) is 15.4. The minimum Gasteiger partial charge on any atom is -0.481 e. The molecule has 0 spiro atoms. The van der Waals surface area contributed by atoms with E-state index in [-0.39, 0.29) is 12.1 Å². The van der Waals surface area contributed by atoms with Gasteiger partial charge in [0.1, 0.15) is 0 Å². The van der Waals surface area contributed by atoms with Crippen molar-refractivity contribution in [3.63, 3.8) is 0 Å². The maximum atomic E-state index is 11.9. The van der Waals surface area contributed by atoms with Crippen LogP contribution in [0.25, 0.3) is 0 Å². The molecule has 1 aromatic carbocycles. The Morgan fingerprint density at radius 2 is 2.00 bits per heavy atom. The Hall–Kier alpha value is -1.70. The zero-order valence-corrected chi connectivity index (χ0v) is 10.3. The number of aliphatic carboxylic acids is 1. The van der Waals surface area contributed by atoms with Crippen LogP contribution in [0, 0.1) is 0 Å². The van der Waals surface area contributed by atoms with Gasteiger partial charge in [0.05, 0.1) is 12.2 Å². The van der Waals surface area contributed by atoms with Crippen molar-refractivity contribution in [2.24, 2.45) is 0 Å². The number of alkyl halides is 3. The molecule has 19 heavy (non-hydrogen) atoms. The molecule has 0 saturated heterocycles. The maximum Gasteiger partial charge on any atom is 0.442 e. The molecule has 0 atom stereocenters. The fourth-order valence-electron chi connectivity index (χ4n) is 1.28. The van der Waals surface area contributed by atoms with Gasteiger partial charge in [-0.25, -0.2) is 0 Å². The summed E-state index contributed by atoms with van der Waals surface area (Å²) in [6.45, 7) is 0. The molecule has 104 valence electrons. The van der Waals surface area contributed by atoms with Gasteiger partial charge >= 0.3 is 11.5 Å². The molecule has 0 bridgehead atoms. The average molecular weight is 293 g/mol. The van der Waals surface area contributed by atoms with E-state index in [0.29, 0.717) is 5.56 Å². The van der Waals surface area contributed by atoms with Gasteiger partial charge in [-0.05, 0) is 29.5 Å². The summed E-state index contributed by atoms with van der Waals surface area (Å²) < 4.78 is 35.6. The summed E-state index contributed by atoms with van der Waals surface area (Å²) in [6.07, 6.45) is -0.221. The van der Waals surface area contributed by atoms with Crippen molar-refractivity contribution in [1.82, 2.24) is 0 Å². The van der Waals surface area contributed by atoms with Crippen molar-refractivity contribution in [3.8, 4) is 0 Å². The van der Waals surface area contributed by atoms with Crippen LogP contribution in [0.5, 0.6) is 0 Å². The fourth-order valence-corrected chi connectivity index (χ4v) is 1.65. The highest BCUT2D eigenvalue weighted by Gasteiger charge is 2.29. The number of carbonyl (C=O) groups is 2. The number of benzene rings is 1. The molecule has 0 fully saturated rings. The molecule has 0 aliphatic rings. The first-order valence-electron chi connectivity index (χ1n) is 5.07. The van der Waals surface area contributed by atoms with Gasteiger partial charge in [-0.3, -0.25) is 9.59 Å². The zero-order valence-electron chi connectivity index (χ0n) is 9.53. The Kier molecular flexibility index (Phi) is 5.22. The number of hydrogen-bond acceptors (Lipinski definition) is 3. The fraction of sp³-hybridized carbons (Fsp3) is 0.273. The Morgan fingerprint density at radius 1 is 1.32 bits per heavy atom. The number of rotatable bonds is 5. The molecular weight excluding hydrogens is 283 g/mol. The predicted octanol–water partition coefficient (Wildman–Crippen LogP) is 2.51. The summed E-state index contributed by atoms with van der Waals surface area (Å²) in [5.74, 6) is -2.57. The minimum atomic E-state index is -4.46.